The molecule has 6 aromatic heterocycles. The molecule has 0 fully saturated rings. The van der Waals surface area contributed by atoms with Gasteiger partial charge in [0, 0.05) is 72.0 Å². The predicted molar refractivity (Wildman–Crippen MR) is 598 cm³/mol. The second-order valence-electron chi connectivity index (χ2n) is 36.4. The number of nitrogens with zero attached hydrogens (tertiary/aromatic N) is 8. The summed E-state index contributed by atoms with van der Waals surface area (Å²) in [7, 11) is 0. The van der Waals surface area contributed by atoms with Gasteiger partial charge < -0.3 is 4.90 Å². The average molecular weight is 1820 g/mol. The molecule has 1 aliphatic heterocycles. The Morgan fingerprint density at radius 3 is 0.895 bits per heavy atom. The minimum atomic E-state index is 0.0977. The molecular formula is C135H90N8. The van der Waals surface area contributed by atoms with Crippen molar-refractivity contribution in [3.8, 4) is 145 Å². The monoisotopic (exact) mass is 1820 g/mol. The number of allylic oxidation sites excluding steroid dienone is 2. The van der Waals surface area contributed by atoms with E-state index in [1.165, 1.54) is 175 Å². The summed E-state index contributed by atoms with van der Waals surface area (Å²) in [5, 5.41) is 19.6. The van der Waals surface area contributed by atoms with Crippen LogP contribution in [0.5, 0.6) is 0 Å². The molecule has 27 rings (SSSR count). The van der Waals surface area contributed by atoms with Crippen LogP contribution in [0, 0.1) is 0 Å². The lowest BCUT2D eigenvalue weighted by Gasteiger charge is -2.29. The highest BCUT2D eigenvalue weighted by Gasteiger charge is 2.36. The van der Waals surface area contributed by atoms with Gasteiger partial charge in [-0.15, -0.1) is 0 Å². The number of para-hydroxylation sites is 1. The Kier molecular flexibility index (Phi) is 22.7. The Morgan fingerprint density at radius 1 is 0.175 bits per heavy atom. The van der Waals surface area contributed by atoms with Crippen LogP contribution >= 0.6 is 0 Å². The van der Waals surface area contributed by atoms with Crippen molar-refractivity contribution in [3.63, 3.8) is 0 Å². The maximum atomic E-state index is 5.24. The van der Waals surface area contributed by atoms with Crippen molar-refractivity contribution in [2.75, 3.05) is 4.90 Å². The summed E-state index contributed by atoms with van der Waals surface area (Å²) in [4.78, 5) is 34.8. The van der Waals surface area contributed by atoms with Gasteiger partial charge in [0.1, 0.15) is 5.84 Å². The molecule has 0 N–H and O–H groups in total. The Balaban J connectivity index is 0.000000114. The van der Waals surface area contributed by atoms with Gasteiger partial charge in [0.05, 0.1) is 34.9 Å². The quantitative estimate of drug-likeness (QED) is 0.0944. The SMILES string of the molecule is C1=CC2N=C(c3ccc(-c4ccc5c(-c6ccc7ccccc7c6)c6ccccc6c(-c6ccc7ccccc7c6)c5c4)cc3)N(c3ccccc3)C2C=C1.c1ccc(-c2ccc3c(-c4ccc(-c5ccccn5)nc4)c4ccccc4c(-c4ccc(-c5ccccn5)nc4)c3c2)cc1.c1ccc(-c2ccc3c(-c4cccc(-c5ccncc5)c4)c4ccccc4c(-c4cccc(-c5ccncc5)c4)c3c2)cc1. The average Bonchev–Trinajstić information content (AvgIpc) is 1.43. The van der Waals surface area contributed by atoms with Gasteiger partial charge in [-0.25, -0.2) is 0 Å². The highest BCUT2D eigenvalue weighted by molar-refractivity contribution is 6.26. The molecule has 2 aliphatic rings. The van der Waals surface area contributed by atoms with Crippen LogP contribution in [0.15, 0.2) is 540 Å². The van der Waals surface area contributed by atoms with E-state index in [4.69, 9.17) is 15.0 Å². The van der Waals surface area contributed by atoms with E-state index in [9.17, 15) is 0 Å². The number of anilines is 1. The zero-order valence-electron chi connectivity index (χ0n) is 78.0. The number of fused-ring (bicyclic) bond motifs is 9. The molecule has 0 amide bonds. The molecule has 0 bridgehead atoms. The third kappa shape index (κ3) is 16.6. The molecule has 0 saturated heterocycles. The highest BCUT2D eigenvalue weighted by atomic mass is 15.3. The number of rotatable bonds is 15. The molecule has 1 aliphatic carbocycles. The van der Waals surface area contributed by atoms with Crippen molar-refractivity contribution >= 4 is 97.7 Å². The molecular weight excluding hydrogens is 1730 g/mol. The van der Waals surface area contributed by atoms with Crippen LogP contribution < -0.4 is 4.90 Å². The minimum Gasteiger partial charge on any atom is -0.317 e. The van der Waals surface area contributed by atoms with E-state index in [2.05, 4.69) is 474 Å². The standard InChI is InChI=1S/C53H36N2.C42H28N2.C40H26N4/c1-2-16-44(17-3-1)55-50-21-11-10-20-49(50)54-53(55)38-26-22-37(23-27-38)41-30-31-47-48(34-41)52(43-29-25-36-13-5-7-15-40(36)33-43)46-19-9-8-18-45(46)51(47)42-28-24-35-12-4-6-14-39(35)32-42;1-2-8-29(9-3-1)34-16-17-39-40(28-34)42(36-13-7-11-33(27-36)31-20-24-44-25-21-31)38-15-5-4-14-37(38)41(39)35-12-6-10-32(26-35)30-18-22-43-23-19-30;1-2-10-27(11-3-1)28-16-19-33-34(24-28)40(30-18-21-38(44-26-30)36-15-7-9-23-42-36)32-13-5-4-12-31(32)39(33)29-17-20-37(43-25-29)35-14-6-8-22-41-35/h1-34,49-50H;1-28H;1-26H. The van der Waals surface area contributed by atoms with E-state index in [0.29, 0.717) is 0 Å². The fourth-order valence-corrected chi connectivity index (χ4v) is 21.3. The first-order chi connectivity index (χ1) is 70.9. The molecule has 143 heavy (non-hydrogen) atoms. The molecule has 0 saturated carbocycles. The number of amidine groups is 1. The molecule has 2 atom stereocenters. The van der Waals surface area contributed by atoms with Gasteiger partial charge in [0.25, 0.3) is 0 Å². The van der Waals surface area contributed by atoms with Crippen molar-refractivity contribution in [3.05, 3.63) is 540 Å². The topological polar surface area (TPSA) is 92.9 Å². The van der Waals surface area contributed by atoms with Gasteiger partial charge in [0.2, 0.25) is 0 Å². The van der Waals surface area contributed by atoms with Crippen molar-refractivity contribution in [2.24, 2.45) is 4.99 Å². The van der Waals surface area contributed by atoms with Crippen LogP contribution in [-0.2, 0) is 0 Å². The van der Waals surface area contributed by atoms with E-state index in [1.807, 2.05) is 73.6 Å². The van der Waals surface area contributed by atoms with Crippen LogP contribution in [0.3, 0.4) is 0 Å². The fraction of sp³-hybridized carbons (Fsp3) is 0.0148. The molecule has 19 aromatic carbocycles. The summed E-state index contributed by atoms with van der Waals surface area (Å²) in [6, 6.07) is 166. The largest absolute Gasteiger partial charge is 0.317 e. The first-order valence-electron chi connectivity index (χ1n) is 48.6. The second-order valence-corrected chi connectivity index (χ2v) is 36.4. The van der Waals surface area contributed by atoms with Gasteiger partial charge in [-0.2, -0.15) is 0 Å². The number of benzene rings is 19. The van der Waals surface area contributed by atoms with Crippen LogP contribution in [0.25, 0.3) is 231 Å². The lowest BCUT2D eigenvalue weighted by molar-refractivity contribution is 0.739. The van der Waals surface area contributed by atoms with Crippen molar-refractivity contribution in [2.45, 2.75) is 12.1 Å². The van der Waals surface area contributed by atoms with Crippen LogP contribution in [0.4, 0.5) is 5.69 Å². The Hall–Kier alpha value is -18.9. The highest BCUT2D eigenvalue weighted by Crippen LogP contribution is 2.51. The van der Waals surface area contributed by atoms with Crippen molar-refractivity contribution < 1.29 is 0 Å². The summed E-state index contributed by atoms with van der Waals surface area (Å²) < 4.78 is 0. The second kappa shape index (κ2) is 37.9. The van der Waals surface area contributed by atoms with Crippen molar-refractivity contribution in [1.82, 2.24) is 29.9 Å². The van der Waals surface area contributed by atoms with E-state index in [0.717, 1.165) is 73.2 Å². The smallest absolute Gasteiger partial charge is 0.136 e. The Bertz CT molecular complexity index is 9220. The molecule has 8 nitrogen and oxygen atoms in total. The molecule has 25 aromatic rings. The van der Waals surface area contributed by atoms with Gasteiger partial charge in [-0.1, -0.05) is 370 Å². The lowest BCUT2D eigenvalue weighted by Crippen LogP contribution is -2.39. The maximum absolute atomic E-state index is 5.24. The van der Waals surface area contributed by atoms with Crippen molar-refractivity contribution in [1.29, 1.82) is 0 Å². The number of hydrogen-bond acceptors (Lipinski definition) is 8. The van der Waals surface area contributed by atoms with E-state index in [1.54, 1.807) is 12.4 Å². The maximum Gasteiger partial charge on any atom is 0.136 e. The van der Waals surface area contributed by atoms with Crippen LogP contribution in [0.1, 0.15) is 5.56 Å². The molecule has 8 heteroatoms. The zero-order valence-corrected chi connectivity index (χ0v) is 78.0. The number of aliphatic imine (C=N–C) groups is 1. The predicted octanol–water partition coefficient (Wildman–Crippen LogP) is 34.5. The molecule has 7 heterocycles. The first-order valence-corrected chi connectivity index (χ1v) is 48.6. The molecule has 0 radical (unpaired) electrons. The molecule has 0 spiro atoms. The number of aromatic nitrogens is 6. The van der Waals surface area contributed by atoms with Gasteiger partial charge in [-0.05, 0) is 313 Å². The summed E-state index contributed by atoms with van der Waals surface area (Å²) in [6.07, 6.45) is 23.7. The van der Waals surface area contributed by atoms with E-state index in [-0.39, 0.29) is 12.1 Å². The normalized spacial score (nSPS) is 13.1. The van der Waals surface area contributed by atoms with E-state index >= 15 is 0 Å². The van der Waals surface area contributed by atoms with Crippen LogP contribution in [-0.4, -0.2) is 47.8 Å². The minimum absolute atomic E-state index is 0.0977. The third-order valence-corrected chi connectivity index (χ3v) is 28.0. The number of pyridine rings is 6. The summed E-state index contributed by atoms with van der Waals surface area (Å²) in [5.74, 6) is 1.01. The Morgan fingerprint density at radius 2 is 0.476 bits per heavy atom. The zero-order chi connectivity index (χ0) is 94.9. The van der Waals surface area contributed by atoms with Gasteiger partial charge in [-0.3, -0.25) is 34.9 Å². The fourth-order valence-electron chi connectivity index (χ4n) is 21.3. The summed E-state index contributed by atoms with van der Waals surface area (Å²) in [5.41, 5.74) is 31.8. The third-order valence-electron chi connectivity index (χ3n) is 28.0. The summed E-state index contributed by atoms with van der Waals surface area (Å²) in [6.45, 7) is 0. The summed E-state index contributed by atoms with van der Waals surface area (Å²) >= 11 is 0. The molecule has 670 valence electrons. The first kappa shape index (κ1) is 85.7. The molecule has 2 unspecified atom stereocenters. The number of hydrogen-bond donors (Lipinski definition) is 0. The van der Waals surface area contributed by atoms with E-state index < -0.39 is 0 Å². The Labute approximate surface area is 829 Å². The van der Waals surface area contributed by atoms with Gasteiger partial charge in [0.15, 0.2) is 0 Å². The lowest BCUT2D eigenvalue weighted by atomic mass is 9.84. The van der Waals surface area contributed by atoms with Crippen LogP contribution in [0.2, 0.25) is 0 Å². The van der Waals surface area contributed by atoms with Gasteiger partial charge >= 0.3 is 0 Å².